The number of methoxy groups -OCH3 is 1. The van der Waals surface area contributed by atoms with Gasteiger partial charge in [0.25, 0.3) is 11.8 Å². The first-order valence-corrected chi connectivity index (χ1v) is 12.1. The van der Waals surface area contributed by atoms with Crippen LogP contribution in [0.25, 0.3) is 11.4 Å². The molecular formula is C28H31N5O4. The van der Waals surface area contributed by atoms with Crippen LogP contribution >= 0.6 is 0 Å². The first-order chi connectivity index (χ1) is 17.7. The van der Waals surface area contributed by atoms with Gasteiger partial charge in [0.1, 0.15) is 0 Å². The zero-order chi connectivity index (χ0) is 26.7. The molecule has 2 heterocycles. The van der Waals surface area contributed by atoms with E-state index in [0.29, 0.717) is 24.0 Å². The van der Waals surface area contributed by atoms with Crippen molar-refractivity contribution in [1.29, 1.82) is 0 Å². The van der Waals surface area contributed by atoms with Gasteiger partial charge in [-0.1, -0.05) is 12.2 Å². The van der Waals surface area contributed by atoms with Gasteiger partial charge in [-0.15, -0.1) is 0 Å². The number of ether oxygens (including phenoxy) is 1. The number of nitrogens with zero attached hydrogens (tertiary/aromatic N) is 3. The number of aryl methyl sites for hydroxylation is 3. The molecule has 1 aromatic carbocycles. The number of esters is 1. The first kappa shape index (κ1) is 25.7. The molecular weight excluding hydrogens is 470 g/mol. The van der Waals surface area contributed by atoms with Crippen molar-refractivity contribution in [3.8, 4) is 5.69 Å². The summed E-state index contributed by atoms with van der Waals surface area (Å²) in [5.41, 5.74) is 12.5. The van der Waals surface area contributed by atoms with Gasteiger partial charge in [0, 0.05) is 41.2 Å². The number of amides is 2. The molecule has 1 aliphatic carbocycles. The van der Waals surface area contributed by atoms with E-state index >= 15 is 0 Å². The average molecular weight is 502 g/mol. The Labute approximate surface area is 215 Å². The van der Waals surface area contributed by atoms with Crippen molar-refractivity contribution < 1.29 is 19.1 Å². The highest BCUT2D eigenvalue weighted by atomic mass is 16.5. The topological polar surface area (TPSA) is 107 Å². The maximum absolute atomic E-state index is 12.8. The maximum atomic E-state index is 12.8. The molecule has 0 bridgehead atoms. The van der Waals surface area contributed by atoms with Crippen LogP contribution in [0.3, 0.4) is 0 Å². The van der Waals surface area contributed by atoms with Crippen molar-refractivity contribution in [2.24, 2.45) is 0 Å². The Hall–Kier alpha value is -4.40. The maximum Gasteiger partial charge on any atom is 0.305 e. The van der Waals surface area contributed by atoms with Crippen LogP contribution in [0, 0.1) is 27.7 Å². The lowest BCUT2D eigenvalue weighted by Crippen LogP contribution is -2.42. The minimum Gasteiger partial charge on any atom is -0.469 e. The van der Waals surface area contributed by atoms with E-state index in [9.17, 15) is 14.4 Å². The zero-order valence-electron chi connectivity index (χ0n) is 21.7. The summed E-state index contributed by atoms with van der Waals surface area (Å²) in [6.07, 6.45) is 5.18. The molecule has 4 rings (SSSR count). The number of hydrogen-bond acceptors (Lipinski definition) is 5. The quantitative estimate of drug-likeness (QED) is 0.380. The highest BCUT2D eigenvalue weighted by Crippen LogP contribution is 2.27. The molecule has 0 radical (unpaired) electrons. The highest BCUT2D eigenvalue weighted by molar-refractivity contribution is 6.04. The van der Waals surface area contributed by atoms with Crippen LogP contribution in [0.5, 0.6) is 0 Å². The molecule has 9 heteroatoms. The number of allylic oxidation sites excluding steroid dienone is 2. The van der Waals surface area contributed by atoms with Crippen LogP contribution in [0.1, 0.15) is 51.5 Å². The molecule has 0 fully saturated rings. The van der Waals surface area contributed by atoms with Gasteiger partial charge in [-0.25, -0.2) is 4.68 Å². The summed E-state index contributed by atoms with van der Waals surface area (Å²) < 4.78 is 8.58. The van der Waals surface area contributed by atoms with Gasteiger partial charge < -0.3 is 9.30 Å². The van der Waals surface area contributed by atoms with Crippen LogP contribution in [0.2, 0.25) is 0 Å². The van der Waals surface area contributed by atoms with E-state index < -0.39 is 5.91 Å². The lowest BCUT2D eigenvalue weighted by Gasteiger charge is -2.14. The van der Waals surface area contributed by atoms with Crippen LogP contribution in [-0.2, 0) is 20.7 Å². The lowest BCUT2D eigenvalue weighted by molar-refractivity contribution is -0.140. The van der Waals surface area contributed by atoms with Gasteiger partial charge in [-0.3, -0.25) is 25.2 Å². The molecule has 0 unspecified atom stereocenters. The standard InChI is InChI=1S/C28H31N5O4/c1-17-9-10-18(2)32(17)25-8-6-7-24(25)28(36)30-29-27(35)21-11-13-22(14-12-21)33-20(4)23(19(3)31-33)15-16-26(34)37-5/h6-7,9-14H,8,15-16H2,1-5H3,(H,29,35)(H,30,36). The van der Waals surface area contributed by atoms with E-state index in [1.807, 2.05) is 45.9 Å². The van der Waals surface area contributed by atoms with E-state index in [1.165, 1.54) is 7.11 Å². The summed E-state index contributed by atoms with van der Waals surface area (Å²) in [6.45, 7) is 7.84. The normalized spacial score (nSPS) is 12.7. The van der Waals surface area contributed by atoms with E-state index in [0.717, 1.165) is 39.7 Å². The van der Waals surface area contributed by atoms with Crippen molar-refractivity contribution >= 4 is 23.5 Å². The third-order valence-electron chi connectivity index (χ3n) is 6.60. The van der Waals surface area contributed by atoms with Crippen LogP contribution in [0.15, 0.2) is 54.1 Å². The third-order valence-corrected chi connectivity index (χ3v) is 6.60. The summed E-state index contributed by atoms with van der Waals surface area (Å²) in [7, 11) is 1.38. The minimum absolute atomic E-state index is 0.263. The molecule has 2 N–H and O–H groups in total. The number of hydrogen-bond donors (Lipinski definition) is 2. The molecule has 37 heavy (non-hydrogen) atoms. The second-order valence-corrected chi connectivity index (χ2v) is 9.01. The summed E-state index contributed by atoms with van der Waals surface area (Å²) in [6, 6.07) is 11.0. The SMILES string of the molecule is COC(=O)CCc1c(C)nn(-c2ccc(C(=O)NNC(=O)C3=C(n4c(C)ccc4C)CC=C3)cc2)c1C. The zero-order valence-corrected chi connectivity index (χ0v) is 21.7. The van der Waals surface area contributed by atoms with E-state index in [1.54, 1.807) is 35.0 Å². The van der Waals surface area contributed by atoms with E-state index in [-0.39, 0.29) is 18.3 Å². The van der Waals surface area contributed by atoms with Gasteiger partial charge in [-0.2, -0.15) is 5.10 Å². The van der Waals surface area contributed by atoms with Crippen molar-refractivity contribution in [3.05, 3.63) is 88.0 Å². The number of carbonyl (C=O) groups is 3. The second-order valence-electron chi connectivity index (χ2n) is 9.01. The molecule has 192 valence electrons. The smallest absolute Gasteiger partial charge is 0.305 e. The Morgan fingerprint density at radius 1 is 0.946 bits per heavy atom. The Kier molecular flexibility index (Phi) is 7.42. The molecule has 0 saturated carbocycles. The fraction of sp³-hybridized carbons (Fsp3) is 0.286. The number of hydrazine groups is 1. The molecule has 2 amide bonds. The Balaban J connectivity index is 1.43. The molecule has 0 spiro atoms. The van der Waals surface area contributed by atoms with Crippen molar-refractivity contribution in [2.75, 3.05) is 7.11 Å². The van der Waals surface area contributed by atoms with E-state index in [2.05, 4.69) is 20.5 Å². The fourth-order valence-electron chi connectivity index (χ4n) is 4.63. The Morgan fingerprint density at radius 3 is 2.24 bits per heavy atom. The minimum atomic E-state index is -0.426. The largest absolute Gasteiger partial charge is 0.469 e. The van der Waals surface area contributed by atoms with E-state index in [4.69, 9.17) is 4.74 Å². The number of aromatic nitrogens is 3. The second kappa shape index (κ2) is 10.7. The number of rotatable bonds is 7. The molecule has 0 aliphatic heterocycles. The molecule has 0 atom stereocenters. The van der Waals surface area contributed by atoms with Crippen LogP contribution < -0.4 is 10.9 Å². The summed E-state index contributed by atoms with van der Waals surface area (Å²) in [4.78, 5) is 37.1. The van der Waals surface area contributed by atoms with Gasteiger partial charge in [0.15, 0.2) is 0 Å². The average Bonchev–Trinajstić information content (AvgIpc) is 3.58. The van der Waals surface area contributed by atoms with Gasteiger partial charge >= 0.3 is 5.97 Å². The highest BCUT2D eigenvalue weighted by Gasteiger charge is 2.21. The number of benzene rings is 1. The van der Waals surface area contributed by atoms with Crippen molar-refractivity contribution in [3.63, 3.8) is 0 Å². The Bertz CT molecular complexity index is 1400. The predicted octanol–water partition coefficient (Wildman–Crippen LogP) is 3.65. The van der Waals surface area contributed by atoms with Crippen molar-refractivity contribution in [1.82, 2.24) is 25.2 Å². The molecule has 0 saturated heterocycles. The molecule has 2 aromatic heterocycles. The van der Waals surface area contributed by atoms with Crippen LogP contribution in [-0.4, -0.2) is 39.2 Å². The molecule has 9 nitrogen and oxygen atoms in total. The Morgan fingerprint density at radius 2 is 1.59 bits per heavy atom. The summed E-state index contributed by atoms with van der Waals surface area (Å²) in [5, 5.41) is 4.60. The summed E-state index contributed by atoms with van der Waals surface area (Å²) >= 11 is 0. The molecule has 3 aromatic rings. The lowest BCUT2D eigenvalue weighted by atomic mass is 10.1. The fourth-order valence-corrected chi connectivity index (χ4v) is 4.63. The van der Waals surface area contributed by atoms with Crippen molar-refractivity contribution in [2.45, 2.75) is 47.0 Å². The predicted molar refractivity (Wildman–Crippen MR) is 140 cm³/mol. The van der Waals surface area contributed by atoms with Crippen LogP contribution in [0.4, 0.5) is 0 Å². The number of carbonyl (C=O) groups excluding carboxylic acids is 3. The van der Waals surface area contributed by atoms with Gasteiger partial charge in [-0.05, 0) is 76.1 Å². The van der Waals surface area contributed by atoms with Gasteiger partial charge in [0.2, 0.25) is 0 Å². The summed E-state index contributed by atoms with van der Waals surface area (Å²) in [5.74, 6) is -1.06. The first-order valence-electron chi connectivity index (χ1n) is 12.1. The third kappa shape index (κ3) is 5.25. The monoisotopic (exact) mass is 501 g/mol. The molecule has 1 aliphatic rings. The number of nitrogens with one attached hydrogen (secondary N) is 2. The van der Waals surface area contributed by atoms with Gasteiger partial charge in [0.05, 0.1) is 24.1 Å².